The summed E-state index contributed by atoms with van der Waals surface area (Å²) in [5.74, 6) is -2.07. The smallest absolute Gasteiger partial charge is 0.329 e. The summed E-state index contributed by atoms with van der Waals surface area (Å²) in [4.78, 5) is 27.0. The predicted molar refractivity (Wildman–Crippen MR) is 77.6 cm³/mol. The van der Waals surface area contributed by atoms with Crippen LogP contribution in [0.5, 0.6) is 0 Å². The summed E-state index contributed by atoms with van der Waals surface area (Å²) in [6, 6.07) is 8.31. The summed E-state index contributed by atoms with van der Waals surface area (Å²) in [7, 11) is 0. The van der Waals surface area contributed by atoms with Crippen LogP contribution in [-0.4, -0.2) is 25.7 Å². The molecule has 0 bridgehead atoms. The number of nitrogens with zero attached hydrogens (tertiary/aromatic N) is 4. The van der Waals surface area contributed by atoms with Gasteiger partial charge < -0.3 is 4.52 Å². The third kappa shape index (κ3) is 3.62. The van der Waals surface area contributed by atoms with Crippen molar-refractivity contribution in [2.45, 2.75) is 12.7 Å². The Bertz CT molecular complexity index is 961. The average molecular weight is 350 g/mol. The number of carbonyl (C=O) groups excluding carboxylic acids is 1. The second kappa shape index (κ2) is 6.30. The first kappa shape index (κ1) is 16.6. The highest BCUT2D eigenvalue weighted by atomic mass is 19.4. The van der Waals surface area contributed by atoms with Crippen molar-refractivity contribution in [1.82, 2.24) is 19.9 Å². The first-order valence-corrected chi connectivity index (χ1v) is 6.91. The van der Waals surface area contributed by atoms with Crippen molar-refractivity contribution < 1.29 is 22.5 Å². The predicted octanol–water partition coefficient (Wildman–Crippen LogP) is 2.20. The van der Waals surface area contributed by atoms with Gasteiger partial charge in [0.25, 0.3) is 5.56 Å². The standard InChI is InChI=1S/C15H9F3N4O3/c16-15(17,18)14-20-13(21-25-14)10-5-3-9(4-6-10)11(23)8-22-12(24)2-1-7-19-22/h1-7H,8H2. The van der Waals surface area contributed by atoms with Crippen LogP contribution < -0.4 is 5.56 Å². The first-order valence-electron chi connectivity index (χ1n) is 6.91. The fraction of sp³-hybridized carbons (Fsp3) is 0.133. The topological polar surface area (TPSA) is 90.9 Å². The monoisotopic (exact) mass is 350 g/mol. The maximum absolute atomic E-state index is 12.5. The van der Waals surface area contributed by atoms with E-state index in [0.717, 1.165) is 4.68 Å². The second-order valence-electron chi connectivity index (χ2n) is 4.94. The molecule has 2 heterocycles. The van der Waals surface area contributed by atoms with E-state index >= 15 is 0 Å². The number of hydrogen-bond donors (Lipinski definition) is 0. The number of ketones is 1. The minimum Gasteiger partial charge on any atom is -0.329 e. The fourth-order valence-corrected chi connectivity index (χ4v) is 1.99. The Morgan fingerprint density at radius 1 is 1.16 bits per heavy atom. The van der Waals surface area contributed by atoms with Gasteiger partial charge in [-0.3, -0.25) is 9.59 Å². The summed E-state index contributed by atoms with van der Waals surface area (Å²) in [6.07, 6.45) is -3.34. The van der Waals surface area contributed by atoms with Crippen LogP contribution in [0.2, 0.25) is 0 Å². The molecule has 0 radical (unpaired) electrons. The Labute approximate surface area is 137 Å². The van der Waals surface area contributed by atoms with Crippen LogP contribution in [0, 0.1) is 0 Å². The molecule has 0 N–H and O–H groups in total. The van der Waals surface area contributed by atoms with Gasteiger partial charge in [-0.25, -0.2) is 4.68 Å². The van der Waals surface area contributed by atoms with Crippen molar-refractivity contribution in [3.8, 4) is 11.4 Å². The summed E-state index contributed by atoms with van der Waals surface area (Å²) in [6.45, 7) is -0.251. The SMILES string of the molecule is O=C(Cn1ncccc1=O)c1ccc(-c2noc(C(F)(F)F)n2)cc1. The van der Waals surface area contributed by atoms with Crippen molar-refractivity contribution in [2.24, 2.45) is 0 Å². The largest absolute Gasteiger partial charge is 0.471 e. The normalized spacial score (nSPS) is 11.5. The quantitative estimate of drug-likeness (QED) is 0.670. The van der Waals surface area contributed by atoms with E-state index in [2.05, 4.69) is 19.8 Å². The van der Waals surface area contributed by atoms with Crippen LogP contribution >= 0.6 is 0 Å². The fourth-order valence-electron chi connectivity index (χ4n) is 1.99. The molecule has 0 spiro atoms. The molecule has 0 saturated carbocycles. The highest BCUT2D eigenvalue weighted by Gasteiger charge is 2.38. The highest BCUT2D eigenvalue weighted by Crippen LogP contribution is 2.29. The van der Waals surface area contributed by atoms with Crippen LogP contribution in [0.15, 0.2) is 51.9 Å². The third-order valence-corrected chi connectivity index (χ3v) is 3.21. The molecule has 7 nitrogen and oxygen atoms in total. The molecule has 10 heteroatoms. The maximum atomic E-state index is 12.5. The Balaban J connectivity index is 1.78. The van der Waals surface area contributed by atoms with Gasteiger partial charge >= 0.3 is 12.1 Å². The highest BCUT2D eigenvalue weighted by molar-refractivity contribution is 5.96. The van der Waals surface area contributed by atoms with Gasteiger partial charge in [0.05, 0.1) is 0 Å². The van der Waals surface area contributed by atoms with Crippen molar-refractivity contribution >= 4 is 5.78 Å². The molecular formula is C15H9F3N4O3. The van der Waals surface area contributed by atoms with Crippen molar-refractivity contribution in [3.63, 3.8) is 0 Å². The molecule has 0 atom stereocenters. The molecule has 0 unspecified atom stereocenters. The molecule has 1 aromatic carbocycles. The molecular weight excluding hydrogens is 341 g/mol. The lowest BCUT2D eigenvalue weighted by molar-refractivity contribution is -0.159. The molecule has 0 amide bonds. The van der Waals surface area contributed by atoms with Crippen LogP contribution in [-0.2, 0) is 12.7 Å². The minimum atomic E-state index is -4.73. The third-order valence-electron chi connectivity index (χ3n) is 3.21. The van der Waals surface area contributed by atoms with Gasteiger partial charge in [0, 0.05) is 23.4 Å². The molecule has 3 aromatic rings. The van der Waals surface area contributed by atoms with E-state index in [-0.39, 0.29) is 29.3 Å². The Morgan fingerprint density at radius 3 is 2.48 bits per heavy atom. The van der Waals surface area contributed by atoms with Gasteiger partial charge in [0.1, 0.15) is 6.54 Å². The lowest BCUT2D eigenvalue weighted by Crippen LogP contribution is -2.25. The average Bonchev–Trinajstić information content (AvgIpc) is 3.07. The van der Waals surface area contributed by atoms with Crippen LogP contribution in [0.4, 0.5) is 13.2 Å². The number of halogens is 3. The summed E-state index contributed by atoms with van der Waals surface area (Å²) < 4.78 is 42.5. The molecule has 25 heavy (non-hydrogen) atoms. The van der Waals surface area contributed by atoms with Crippen molar-refractivity contribution in [2.75, 3.05) is 0 Å². The minimum absolute atomic E-state index is 0.243. The number of alkyl halides is 3. The van der Waals surface area contributed by atoms with Gasteiger partial charge in [0.2, 0.25) is 5.82 Å². The first-order chi connectivity index (χ1) is 11.8. The van der Waals surface area contributed by atoms with E-state index in [9.17, 15) is 22.8 Å². The van der Waals surface area contributed by atoms with Crippen LogP contribution in [0.1, 0.15) is 16.2 Å². The number of rotatable bonds is 4. The Kier molecular flexibility index (Phi) is 4.17. The number of carbonyl (C=O) groups is 1. The van der Waals surface area contributed by atoms with Crippen molar-refractivity contribution in [3.05, 3.63) is 64.4 Å². The second-order valence-corrected chi connectivity index (χ2v) is 4.94. The number of hydrogen-bond acceptors (Lipinski definition) is 6. The number of benzene rings is 1. The summed E-state index contributed by atoms with van der Waals surface area (Å²) in [5.41, 5.74) is 0.102. The van der Waals surface area contributed by atoms with E-state index < -0.39 is 17.6 Å². The number of Topliss-reactive ketones (excluding diaryl/α,β-unsaturated/α-hetero) is 1. The van der Waals surface area contributed by atoms with Gasteiger partial charge in [-0.1, -0.05) is 29.4 Å². The summed E-state index contributed by atoms with van der Waals surface area (Å²) in [5, 5.41) is 7.04. The zero-order valence-corrected chi connectivity index (χ0v) is 12.4. The van der Waals surface area contributed by atoms with Gasteiger partial charge in [0.15, 0.2) is 5.78 Å². The number of aromatic nitrogens is 4. The van der Waals surface area contributed by atoms with E-state index in [1.165, 1.54) is 42.6 Å². The Hall–Kier alpha value is -3.30. The van der Waals surface area contributed by atoms with Crippen molar-refractivity contribution in [1.29, 1.82) is 0 Å². The van der Waals surface area contributed by atoms with Crippen LogP contribution in [0.3, 0.4) is 0 Å². The molecule has 0 aliphatic rings. The molecule has 0 aliphatic heterocycles. The zero-order valence-electron chi connectivity index (χ0n) is 12.4. The molecule has 0 fully saturated rings. The lowest BCUT2D eigenvalue weighted by Gasteiger charge is -2.03. The van der Waals surface area contributed by atoms with E-state index in [1.54, 1.807) is 0 Å². The van der Waals surface area contributed by atoms with Crippen LogP contribution in [0.25, 0.3) is 11.4 Å². The van der Waals surface area contributed by atoms with E-state index in [1.807, 2.05) is 0 Å². The van der Waals surface area contributed by atoms with E-state index in [0.29, 0.717) is 0 Å². The van der Waals surface area contributed by atoms with Gasteiger partial charge in [-0.15, -0.1) is 0 Å². The summed E-state index contributed by atoms with van der Waals surface area (Å²) >= 11 is 0. The molecule has 3 rings (SSSR count). The molecule has 0 aliphatic carbocycles. The molecule has 2 aromatic heterocycles. The zero-order chi connectivity index (χ0) is 18.0. The molecule has 0 saturated heterocycles. The lowest BCUT2D eigenvalue weighted by atomic mass is 10.1. The molecule has 128 valence electrons. The van der Waals surface area contributed by atoms with Gasteiger partial charge in [-0.2, -0.15) is 23.3 Å². The Morgan fingerprint density at radius 2 is 1.88 bits per heavy atom. The van der Waals surface area contributed by atoms with Gasteiger partial charge in [-0.05, 0) is 6.07 Å². The van der Waals surface area contributed by atoms with E-state index in [4.69, 9.17) is 0 Å². The maximum Gasteiger partial charge on any atom is 0.471 e.